The lowest BCUT2D eigenvalue weighted by Crippen LogP contribution is -2.41. The van der Waals surface area contributed by atoms with E-state index in [-0.39, 0.29) is 5.38 Å². The fourth-order valence-corrected chi connectivity index (χ4v) is 2.55. The summed E-state index contributed by atoms with van der Waals surface area (Å²) in [7, 11) is 0. The van der Waals surface area contributed by atoms with Gasteiger partial charge in [-0.25, -0.2) is 0 Å². The summed E-state index contributed by atoms with van der Waals surface area (Å²) in [5.74, 6) is 1.01. The molecule has 0 spiro atoms. The van der Waals surface area contributed by atoms with E-state index in [1.165, 1.54) is 19.3 Å². The minimum Gasteiger partial charge on any atom is -0.341 e. The predicted octanol–water partition coefficient (Wildman–Crippen LogP) is 2.41. The number of hydrogen-bond acceptors (Lipinski definition) is 1. The van der Waals surface area contributed by atoms with Crippen LogP contribution in [0.4, 0.5) is 0 Å². The monoisotopic (exact) mass is 215 g/mol. The van der Waals surface area contributed by atoms with Crippen LogP contribution in [0.5, 0.6) is 0 Å². The first-order valence-electron chi connectivity index (χ1n) is 5.67. The van der Waals surface area contributed by atoms with Gasteiger partial charge in [0.05, 0.1) is 5.38 Å². The molecule has 1 heterocycles. The van der Waals surface area contributed by atoms with Crippen molar-refractivity contribution in [2.24, 2.45) is 5.92 Å². The molecule has 2 nitrogen and oxygen atoms in total. The van der Waals surface area contributed by atoms with Crippen LogP contribution in [-0.4, -0.2) is 29.3 Å². The number of carbonyl (C=O) groups excluding carboxylic acids is 1. The van der Waals surface area contributed by atoms with E-state index in [9.17, 15) is 4.79 Å². The molecule has 80 valence electrons. The van der Waals surface area contributed by atoms with E-state index in [4.69, 9.17) is 11.6 Å². The smallest absolute Gasteiger partial charge is 0.222 e. The van der Waals surface area contributed by atoms with Gasteiger partial charge in [-0.2, -0.15) is 0 Å². The van der Waals surface area contributed by atoms with E-state index in [2.05, 4.69) is 0 Å². The minimum absolute atomic E-state index is 0.189. The topological polar surface area (TPSA) is 20.3 Å². The maximum Gasteiger partial charge on any atom is 0.222 e. The molecule has 2 aliphatic rings. The van der Waals surface area contributed by atoms with Crippen molar-refractivity contribution in [1.29, 1.82) is 0 Å². The number of halogens is 1. The highest BCUT2D eigenvalue weighted by Gasteiger charge is 2.26. The standard InChI is InChI=1S/C11H18ClNO/c12-10-5-2-6-13(8-10)11(14)7-9-3-1-4-9/h9-10H,1-8H2. The number of rotatable bonds is 2. The van der Waals surface area contributed by atoms with Crippen LogP contribution in [0.1, 0.15) is 38.5 Å². The van der Waals surface area contributed by atoms with Gasteiger partial charge in [-0.3, -0.25) is 4.79 Å². The first-order valence-corrected chi connectivity index (χ1v) is 6.11. The van der Waals surface area contributed by atoms with Gasteiger partial charge in [-0.1, -0.05) is 6.42 Å². The average molecular weight is 216 g/mol. The van der Waals surface area contributed by atoms with Crippen LogP contribution in [-0.2, 0) is 4.79 Å². The summed E-state index contributed by atoms with van der Waals surface area (Å²) in [6, 6.07) is 0. The van der Waals surface area contributed by atoms with Crippen LogP contribution in [0.3, 0.4) is 0 Å². The lowest BCUT2D eigenvalue weighted by atomic mass is 9.82. The molecule has 0 aromatic carbocycles. The van der Waals surface area contributed by atoms with Crippen LogP contribution in [0.25, 0.3) is 0 Å². The third kappa shape index (κ3) is 2.41. The Labute approximate surface area is 90.6 Å². The van der Waals surface area contributed by atoms with Crippen molar-refractivity contribution >= 4 is 17.5 Å². The molecule has 1 saturated heterocycles. The summed E-state index contributed by atoms with van der Waals surface area (Å²) in [6.45, 7) is 1.70. The SMILES string of the molecule is O=C(CC1CCC1)N1CCCC(Cl)C1. The molecule has 1 aliphatic carbocycles. The first-order chi connectivity index (χ1) is 6.75. The molecule has 0 radical (unpaired) electrons. The van der Waals surface area contributed by atoms with E-state index in [0.717, 1.165) is 32.4 Å². The molecule has 0 bridgehead atoms. The third-order valence-electron chi connectivity index (χ3n) is 3.40. The van der Waals surface area contributed by atoms with Gasteiger partial charge in [-0.05, 0) is 31.6 Å². The Hall–Kier alpha value is -0.240. The highest BCUT2D eigenvalue weighted by Crippen LogP contribution is 2.30. The number of likely N-dealkylation sites (tertiary alicyclic amines) is 1. The minimum atomic E-state index is 0.189. The summed E-state index contributed by atoms with van der Waals surface area (Å²) in [6.07, 6.45) is 6.73. The number of nitrogens with zero attached hydrogens (tertiary/aromatic N) is 1. The fourth-order valence-electron chi connectivity index (χ4n) is 2.22. The van der Waals surface area contributed by atoms with Crippen molar-refractivity contribution in [1.82, 2.24) is 4.90 Å². The van der Waals surface area contributed by atoms with Crippen molar-refractivity contribution in [3.05, 3.63) is 0 Å². The molecule has 1 unspecified atom stereocenters. The number of hydrogen-bond donors (Lipinski definition) is 0. The molecule has 2 fully saturated rings. The molecule has 0 N–H and O–H groups in total. The Kier molecular flexibility index (Phi) is 3.32. The van der Waals surface area contributed by atoms with Gasteiger partial charge in [0.1, 0.15) is 0 Å². The summed E-state index contributed by atoms with van der Waals surface area (Å²) < 4.78 is 0. The quantitative estimate of drug-likeness (QED) is 0.648. The average Bonchev–Trinajstić information content (AvgIpc) is 2.11. The van der Waals surface area contributed by atoms with Gasteiger partial charge in [0.25, 0.3) is 0 Å². The van der Waals surface area contributed by atoms with Crippen molar-refractivity contribution in [2.75, 3.05) is 13.1 Å². The Morgan fingerprint density at radius 1 is 1.29 bits per heavy atom. The van der Waals surface area contributed by atoms with Crippen molar-refractivity contribution < 1.29 is 4.79 Å². The Balaban J connectivity index is 1.77. The molecule has 1 amide bonds. The van der Waals surface area contributed by atoms with Crippen molar-refractivity contribution in [3.63, 3.8) is 0 Å². The van der Waals surface area contributed by atoms with E-state index >= 15 is 0 Å². The Morgan fingerprint density at radius 2 is 2.07 bits per heavy atom. The maximum atomic E-state index is 11.8. The van der Waals surface area contributed by atoms with E-state index in [0.29, 0.717) is 11.8 Å². The van der Waals surface area contributed by atoms with Crippen molar-refractivity contribution in [3.8, 4) is 0 Å². The second-order valence-electron chi connectivity index (χ2n) is 4.58. The number of amides is 1. The normalized spacial score (nSPS) is 28.6. The number of piperidine rings is 1. The lowest BCUT2D eigenvalue weighted by Gasteiger charge is -2.33. The van der Waals surface area contributed by atoms with E-state index in [1.54, 1.807) is 0 Å². The van der Waals surface area contributed by atoms with Crippen LogP contribution in [0, 0.1) is 5.92 Å². The zero-order chi connectivity index (χ0) is 9.97. The number of carbonyl (C=O) groups is 1. The summed E-state index contributed by atoms with van der Waals surface area (Å²) >= 11 is 6.05. The molecule has 1 aliphatic heterocycles. The second-order valence-corrected chi connectivity index (χ2v) is 5.20. The summed E-state index contributed by atoms with van der Waals surface area (Å²) in [5, 5.41) is 0.189. The van der Waals surface area contributed by atoms with Crippen molar-refractivity contribution in [2.45, 2.75) is 43.9 Å². The highest BCUT2D eigenvalue weighted by molar-refractivity contribution is 6.20. The van der Waals surface area contributed by atoms with Gasteiger partial charge in [0.2, 0.25) is 5.91 Å². The lowest BCUT2D eigenvalue weighted by molar-refractivity contribution is -0.133. The van der Waals surface area contributed by atoms with Crippen LogP contribution >= 0.6 is 11.6 Å². The summed E-state index contributed by atoms with van der Waals surface area (Å²) in [4.78, 5) is 13.8. The Morgan fingerprint density at radius 3 is 2.64 bits per heavy atom. The first kappa shape index (κ1) is 10.3. The highest BCUT2D eigenvalue weighted by atomic mass is 35.5. The molecule has 1 saturated carbocycles. The maximum absolute atomic E-state index is 11.8. The molecular weight excluding hydrogens is 198 g/mol. The molecule has 0 aromatic heterocycles. The van der Waals surface area contributed by atoms with Crippen LogP contribution in [0.2, 0.25) is 0 Å². The molecular formula is C11H18ClNO. The number of alkyl halides is 1. The summed E-state index contributed by atoms with van der Waals surface area (Å²) in [5.41, 5.74) is 0. The van der Waals surface area contributed by atoms with Gasteiger partial charge in [0, 0.05) is 19.5 Å². The molecule has 3 heteroatoms. The largest absolute Gasteiger partial charge is 0.341 e. The van der Waals surface area contributed by atoms with Crippen LogP contribution < -0.4 is 0 Å². The zero-order valence-corrected chi connectivity index (χ0v) is 9.30. The van der Waals surface area contributed by atoms with Gasteiger partial charge in [0.15, 0.2) is 0 Å². The third-order valence-corrected chi connectivity index (χ3v) is 3.76. The van der Waals surface area contributed by atoms with Gasteiger partial charge < -0.3 is 4.90 Å². The molecule has 0 aromatic rings. The molecule has 1 atom stereocenters. The molecule has 14 heavy (non-hydrogen) atoms. The van der Waals surface area contributed by atoms with Gasteiger partial charge >= 0.3 is 0 Å². The Bertz CT molecular complexity index is 215. The second kappa shape index (κ2) is 4.52. The van der Waals surface area contributed by atoms with E-state index < -0.39 is 0 Å². The zero-order valence-electron chi connectivity index (χ0n) is 8.54. The van der Waals surface area contributed by atoms with Gasteiger partial charge in [-0.15, -0.1) is 11.6 Å². The predicted molar refractivity (Wildman–Crippen MR) is 57.4 cm³/mol. The van der Waals surface area contributed by atoms with Crippen LogP contribution in [0.15, 0.2) is 0 Å². The molecule has 2 rings (SSSR count). The fraction of sp³-hybridized carbons (Fsp3) is 0.909. The van der Waals surface area contributed by atoms with E-state index in [1.807, 2.05) is 4.90 Å².